The number of rotatable bonds is 2. The molecular formula is C16H18N6. The third-order valence-corrected chi connectivity index (χ3v) is 4.24. The van der Waals surface area contributed by atoms with Crippen LogP contribution in [0.3, 0.4) is 0 Å². The number of H-pyrrole nitrogens is 1. The predicted octanol–water partition coefficient (Wildman–Crippen LogP) is 2.59. The first-order valence-corrected chi connectivity index (χ1v) is 7.52. The lowest BCUT2D eigenvalue weighted by atomic mass is 10.0. The molecule has 0 unspecified atom stereocenters. The largest absolute Gasteiger partial charge is 0.368 e. The van der Waals surface area contributed by atoms with Crippen molar-refractivity contribution >= 4 is 22.9 Å². The van der Waals surface area contributed by atoms with Crippen LogP contribution in [0.15, 0.2) is 30.6 Å². The van der Waals surface area contributed by atoms with Crippen LogP contribution in [-0.2, 0) is 0 Å². The zero-order chi connectivity index (χ0) is 15.1. The maximum absolute atomic E-state index is 5.86. The first-order valence-electron chi connectivity index (χ1n) is 7.52. The molecule has 6 heteroatoms. The highest BCUT2D eigenvalue weighted by molar-refractivity contribution is 5.84. The van der Waals surface area contributed by atoms with Gasteiger partial charge < -0.3 is 15.6 Å². The van der Waals surface area contributed by atoms with Crippen LogP contribution in [0.1, 0.15) is 30.0 Å². The minimum absolute atomic E-state index is 0.268. The lowest BCUT2D eigenvalue weighted by molar-refractivity contribution is 0.712. The second kappa shape index (κ2) is 4.98. The normalized spacial score (nSPS) is 18.2. The molecule has 22 heavy (non-hydrogen) atoms. The monoisotopic (exact) mass is 294 g/mol. The molecule has 1 aromatic carbocycles. The number of nitrogens with zero attached hydrogens (tertiary/aromatic N) is 4. The van der Waals surface area contributed by atoms with Crippen molar-refractivity contribution in [2.45, 2.75) is 25.8 Å². The molecule has 2 aromatic heterocycles. The number of aromatic amines is 1. The van der Waals surface area contributed by atoms with Crippen molar-refractivity contribution in [1.82, 2.24) is 19.9 Å². The maximum atomic E-state index is 5.86. The summed E-state index contributed by atoms with van der Waals surface area (Å²) in [5.41, 5.74) is 9.93. The number of anilines is 2. The fraction of sp³-hybridized carbons (Fsp3) is 0.312. The summed E-state index contributed by atoms with van der Waals surface area (Å²) in [7, 11) is 0. The molecule has 1 saturated heterocycles. The Morgan fingerprint density at radius 2 is 2.23 bits per heavy atom. The Morgan fingerprint density at radius 1 is 1.32 bits per heavy atom. The molecule has 3 aromatic rings. The fourth-order valence-electron chi connectivity index (χ4n) is 3.29. The maximum Gasteiger partial charge on any atom is 0.224 e. The molecule has 0 bridgehead atoms. The molecule has 1 aliphatic rings. The molecule has 1 fully saturated rings. The highest BCUT2D eigenvalue weighted by Gasteiger charge is 2.29. The Bertz CT molecular complexity index is 824. The smallest absolute Gasteiger partial charge is 0.224 e. The van der Waals surface area contributed by atoms with Crippen molar-refractivity contribution in [2.75, 3.05) is 17.2 Å². The van der Waals surface area contributed by atoms with E-state index in [9.17, 15) is 0 Å². The molecule has 0 spiro atoms. The number of aromatic nitrogens is 4. The Hall–Kier alpha value is -2.63. The van der Waals surface area contributed by atoms with Crippen molar-refractivity contribution in [3.63, 3.8) is 0 Å². The van der Waals surface area contributed by atoms with Crippen LogP contribution in [0.4, 0.5) is 11.8 Å². The number of aryl methyl sites for hydroxylation is 1. The number of nitrogen functional groups attached to an aromatic ring is 1. The zero-order valence-electron chi connectivity index (χ0n) is 12.5. The van der Waals surface area contributed by atoms with Gasteiger partial charge >= 0.3 is 0 Å². The van der Waals surface area contributed by atoms with E-state index in [0.29, 0.717) is 11.7 Å². The van der Waals surface area contributed by atoms with E-state index in [1.807, 2.05) is 0 Å². The van der Waals surface area contributed by atoms with E-state index in [1.165, 1.54) is 11.1 Å². The Morgan fingerprint density at radius 3 is 3.09 bits per heavy atom. The summed E-state index contributed by atoms with van der Waals surface area (Å²) in [5.74, 6) is 1.12. The summed E-state index contributed by atoms with van der Waals surface area (Å²) in [5, 5.41) is 0. The fourth-order valence-corrected chi connectivity index (χ4v) is 3.29. The number of hydrogen-bond acceptors (Lipinski definition) is 5. The average Bonchev–Trinajstić information content (AvgIpc) is 3.15. The molecule has 1 aliphatic heterocycles. The number of nitrogens with two attached hydrogens (primary N) is 1. The first-order chi connectivity index (χ1) is 10.7. The van der Waals surface area contributed by atoms with Crippen LogP contribution in [0, 0.1) is 6.92 Å². The molecule has 4 rings (SSSR count). The SMILES string of the molecule is Cc1cccc([C@@H]2CCCN2c2nc(N)nc3nc[nH]c23)c1. The van der Waals surface area contributed by atoms with Crippen LogP contribution in [0.2, 0.25) is 0 Å². The van der Waals surface area contributed by atoms with Gasteiger partial charge in [-0.2, -0.15) is 9.97 Å². The standard InChI is InChI=1S/C16H18N6/c1-10-4-2-5-11(8-10)12-6-3-7-22(12)15-13-14(19-9-18-13)20-16(17)21-15/h2,4-5,8-9,12H,3,6-7H2,1H3,(H3,17,18,19,20,21)/t12-/m0/s1. The zero-order valence-corrected chi connectivity index (χ0v) is 12.5. The van der Waals surface area contributed by atoms with Gasteiger partial charge in [0.2, 0.25) is 5.95 Å². The molecule has 0 amide bonds. The highest BCUT2D eigenvalue weighted by atomic mass is 15.3. The van der Waals surface area contributed by atoms with E-state index < -0.39 is 0 Å². The number of nitrogens with one attached hydrogen (secondary N) is 1. The number of benzene rings is 1. The highest BCUT2D eigenvalue weighted by Crippen LogP contribution is 2.37. The second-order valence-electron chi connectivity index (χ2n) is 5.77. The summed E-state index contributed by atoms with van der Waals surface area (Å²) in [6, 6.07) is 8.99. The van der Waals surface area contributed by atoms with E-state index in [4.69, 9.17) is 5.73 Å². The average molecular weight is 294 g/mol. The summed E-state index contributed by atoms with van der Waals surface area (Å²) in [4.78, 5) is 18.3. The van der Waals surface area contributed by atoms with E-state index in [-0.39, 0.29) is 5.95 Å². The number of imidazole rings is 1. The quantitative estimate of drug-likeness (QED) is 0.759. The molecule has 0 radical (unpaired) electrons. The van der Waals surface area contributed by atoms with Gasteiger partial charge in [0.1, 0.15) is 5.52 Å². The first kappa shape index (κ1) is 13.1. The molecule has 6 nitrogen and oxygen atoms in total. The minimum Gasteiger partial charge on any atom is -0.368 e. The summed E-state index contributed by atoms with van der Waals surface area (Å²) >= 11 is 0. The Kier molecular flexibility index (Phi) is 2.96. The lowest BCUT2D eigenvalue weighted by Crippen LogP contribution is -2.24. The van der Waals surface area contributed by atoms with E-state index in [1.54, 1.807) is 6.33 Å². The van der Waals surface area contributed by atoms with Gasteiger partial charge in [-0.1, -0.05) is 29.8 Å². The molecule has 1 atom stereocenters. The van der Waals surface area contributed by atoms with Crippen LogP contribution < -0.4 is 10.6 Å². The van der Waals surface area contributed by atoms with Crippen LogP contribution >= 0.6 is 0 Å². The molecule has 3 heterocycles. The van der Waals surface area contributed by atoms with Gasteiger partial charge in [0, 0.05) is 6.54 Å². The van der Waals surface area contributed by atoms with Crippen molar-refractivity contribution in [3.05, 3.63) is 41.7 Å². The lowest BCUT2D eigenvalue weighted by Gasteiger charge is -2.26. The van der Waals surface area contributed by atoms with Crippen LogP contribution in [-0.4, -0.2) is 26.5 Å². The van der Waals surface area contributed by atoms with Crippen LogP contribution in [0.5, 0.6) is 0 Å². The van der Waals surface area contributed by atoms with Gasteiger partial charge in [0.25, 0.3) is 0 Å². The van der Waals surface area contributed by atoms with E-state index in [0.717, 1.165) is 30.7 Å². The number of fused-ring (bicyclic) bond motifs is 1. The number of hydrogen-bond donors (Lipinski definition) is 2. The van der Waals surface area contributed by atoms with Gasteiger partial charge in [-0.05, 0) is 25.3 Å². The third-order valence-electron chi connectivity index (χ3n) is 4.24. The Labute approximate surface area is 128 Å². The van der Waals surface area contributed by atoms with Gasteiger partial charge in [0.15, 0.2) is 11.5 Å². The summed E-state index contributed by atoms with van der Waals surface area (Å²) in [6.45, 7) is 3.09. The van der Waals surface area contributed by atoms with Gasteiger partial charge in [-0.3, -0.25) is 0 Å². The second-order valence-corrected chi connectivity index (χ2v) is 5.77. The summed E-state index contributed by atoms with van der Waals surface area (Å²) < 4.78 is 0. The van der Waals surface area contributed by atoms with Gasteiger partial charge in [-0.25, -0.2) is 4.98 Å². The van der Waals surface area contributed by atoms with E-state index in [2.05, 4.69) is 56.0 Å². The molecule has 112 valence electrons. The van der Waals surface area contributed by atoms with Crippen molar-refractivity contribution < 1.29 is 0 Å². The van der Waals surface area contributed by atoms with Gasteiger partial charge in [-0.15, -0.1) is 0 Å². The predicted molar refractivity (Wildman–Crippen MR) is 86.6 cm³/mol. The van der Waals surface area contributed by atoms with Crippen molar-refractivity contribution in [3.8, 4) is 0 Å². The molecule has 0 aliphatic carbocycles. The van der Waals surface area contributed by atoms with Crippen molar-refractivity contribution in [2.24, 2.45) is 0 Å². The molecule has 3 N–H and O–H groups in total. The minimum atomic E-state index is 0.268. The Balaban J connectivity index is 1.81. The topological polar surface area (TPSA) is 83.7 Å². The molecule has 0 saturated carbocycles. The van der Waals surface area contributed by atoms with Crippen molar-refractivity contribution in [1.29, 1.82) is 0 Å². The van der Waals surface area contributed by atoms with Crippen LogP contribution in [0.25, 0.3) is 11.2 Å². The van der Waals surface area contributed by atoms with E-state index >= 15 is 0 Å². The third kappa shape index (κ3) is 2.07. The summed E-state index contributed by atoms with van der Waals surface area (Å²) in [6.07, 6.45) is 3.89. The molecular weight excluding hydrogens is 276 g/mol. The van der Waals surface area contributed by atoms with Gasteiger partial charge in [0.05, 0.1) is 12.4 Å².